The maximum atomic E-state index is 11.5. The lowest BCUT2D eigenvalue weighted by atomic mass is 10.4. The van der Waals surface area contributed by atoms with E-state index in [4.69, 9.17) is 58.0 Å². The van der Waals surface area contributed by atoms with E-state index in [1.54, 1.807) is 0 Å². The summed E-state index contributed by atoms with van der Waals surface area (Å²) in [5.74, 6) is -6.82. The average molecular weight is 709 g/mol. The zero-order chi connectivity index (χ0) is 27.1. The molecule has 0 N–H and O–H groups in total. The third-order valence-corrected chi connectivity index (χ3v) is 4.30. The van der Waals surface area contributed by atoms with Crippen LogP contribution in [-0.2, 0) is 0 Å². The fraction of sp³-hybridized carbons (Fsp3) is 0.833. The minimum atomic E-state index is -5.40. The average Bonchev–Trinajstić information content (AvgIpc) is 2.31. The third-order valence-electron chi connectivity index (χ3n) is 1.80. The van der Waals surface area contributed by atoms with Crippen molar-refractivity contribution in [1.29, 1.82) is 0 Å². The number of hydrogen-bond donors (Lipinski definition) is 0. The van der Waals surface area contributed by atoms with Crippen molar-refractivity contribution in [2.24, 2.45) is 0 Å². The van der Waals surface area contributed by atoms with Gasteiger partial charge in [0.2, 0.25) is 3.79 Å². The van der Waals surface area contributed by atoms with Crippen LogP contribution in [0.1, 0.15) is 20.8 Å². The quantitative estimate of drug-likeness (QED) is 0.256. The monoisotopic (exact) mass is 706 g/mol. The Kier molecular flexibility index (Phi) is 30.1. The molecular formula is C12H13Cl7F16-2. The summed E-state index contributed by atoms with van der Waals surface area (Å²) in [5, 5.41) is -3.59. The van der Waals surface area contributed by atoms with Gasteiger partial charge in [-0.3, -0.25) is 9.41 Å². The topological polar surface area (TPSA) is 0 Å². The molecular weight excluding hydrogens is 696 g/mol. The van der Waals surface area contributed by atoms with Crippen molar-refractivity contribution in [3.8, 4) is 0 Å². The number of halogens is 23. The van der Waals surface area contributed by atoms with Crippen molar-refractivity contribution in [3.63, 3.8) is 0 Å². The van der Waals surface area contributed by atoms with E-state index in [2.05, 4.69) is 11.6 Å². The molecule has 0 bridgehead atoms. The van der Waals surface area contributed by atoms with Crippen molar-refractivity contribution in [2.75, 3.05) is 0 Å². The molecule has 0 amide bonds. The van der Waals surface area contributed by atoms with E-state index in [1.807, 2.05) is 6.58 Å². The first-order valence-corrected chi connectivity index (χ1v) is 8.71. The largest absolute Gasteiger partial charge is 1.00 e. The highest BCUT2D eigenvalue weighted by molar-refractivity contribution is 6.75. The van der Waals surface area contributed by atoms with E-state index < -0.39 is 43.5 Å². The van der Waals surface area contributed by atoms with Gasteiger partial charge in [0.15, 0.2) is 10.2 Å². The summed E-state index contributed by atoms with van der Waals surface area (Å²) in [4.78, 5) is 0. The van der Waals surface area contributed by atoms with Crippen LogP contribution in [0.4, 0.5) is 66.5 Å². The molecule has 35 heavy (non-hydrogen) atoms. The Morgan fingerprint density at radius 1 is 0.600 bits per heavy atom. The highest BCUT2D eigenvalue weighted by atomic mass is 35.6. The van der Waals surface area contributed by atoms with Crippen LogP contribution in [0.5, 0.6) is 0 Å². The van der Waals surface area contributed by atoms with Gasteiger partial charge in [-0.25, -0.2) is 8.78 Å². The molecule has 0 aliphatic heterocycles. The van der Waals surface area contributed by atoms with E-state index in [9.17, 15) is 57.1 Å². The number of allylic oxidation sites excluding steroid dienone is 1. The Morgan fingerprint density at radius 2 is 0.714 bits per heavy atom. The zero-order valence-electron chi connectivity index (χ0n) is 16.5. The molecule has 0 heterocycles. The van der Waals surface area contributed by atoms with Crippen molar-refractivity contribution < 1.29 is 83.6 Å². The molecule has 0 aliphatic carbocycles. The fourth-order valence-electron chi connectivity index (χ4n) is 0. The molecule has 1 atom stereocenters. The van der Waals surface area contributed by atoms with Gasteiger partial charge in [-0.1, -0.05) is 76.2 Å². The summed E-state index contributed by atoms with van der Waals surface area (Å²) >= 11 is 30.8. The molecule has 0 aromatic carbocycles. The van der Waals surface area contributed by atoms with Gasteiger partial charge in [0.25, 0.3) is 5.13 Å². The zero-order valence-corrected chi connectivity index (χ0v) is 21.8. The van der Waals surface area contributed by atoms with Crippen molar-refractivity contribution in [1.82, 2.24) is 0 Å². The molecule has 0 nitrogen and oxygen atoms in total. The Bertz CT molecular complexity index is 425. The molecule has 0 aromatic rings. The maximum Gasteiger partial charge on any atom is 0.452 e. The molecule has 1 unspecified atom stereocenters. The van der Waals surface area contributed by atoms with E-state index >= 15 is 0 Å². The molecule has 0 saturated carbocycles. The lowest BCUT2D eigenvalue weighted by Crippen LogP contribution is -3.00. The van der Waals surface area contributed by atoms with Crippen LogP contribution in [0, 0.1) is 0 Å². The molecule has 23 heteroatoms. The van der Waals surface area contributed by atoms with Gasteiger partial charge in [-0.05, 0) is 13.8 Å². The molecule has 0 rings (SSSR count). The van der Waals surface area contributed by atoms with Crippen LogP contribution >= 0.6 is 69.6 Å². The summed E-state index contributed by atoms with van der Waals surface area (Å²) in [6.45, 7) is 3.50. The highest BCUT2D eigenvalue weighted by Crippen LogP contribution is 2.45. The first kappa shape index (κ1) is 56.0. The second-order valence-electron chi connectivity index (χ2n) is 5.06. The summed E-state index contributed by atoms with van der Waals surface area (Å²) in [6, 6.07) is 0. The van der Waals surface area contributed by atoms with Crippen LogP contribution in [0.2, 0.25) is 0 Å². The lowest BCUT2D eigenvalue weighted by molar-refractivity contribution is -0.273. The van der Waals surface area contributed by atoms with Gasteiger partial charge in [0.1, 0.15) is 0 Å². The Balaban J connectivity index is -0.0000000446. The Morgan fingerprint density at radius 3 is 0.714 bits per heavy atom. The van der Waals surface area contributed by atoms with Crippen LogP contribution < -0.4 is 17.1 Å². The van der Waals surface area contributed by atoms with Gasteiger partial charge in [0, 0.05) is 6.92 Å². The van der Waals surface area contributed by atoms with Crippen LogP contribution in [-0.4, -0.2) is 37.7 Å². The van der Waals surface area contributed by atoms with Gasteiger partial charge in [-0.2, -0.15) is 48.3 Å². The smallest absolute Gasteiger partial charge is 0.452 e. The van der Waals surface area contributed by atoms with Crippen LogP contribution in [0.3, 0.4) is 0 Å². The summed E-state index contributed by atoms with van der Waals surface area (Å²) in [7, 11) is 0. The maximum absolute atomic E-state index is 11.5. The molecule has 0 spiro atoms. The minimum Gasteiger partial charge on any atom is -1.00 e. The predicted molar refractivity (Wildman–Crippen MR) is 99.8 cm³/mol. The highest BCUT2D eigenvalue weighted by Gasteiger charge is 2.53. The molecule has 0 radical (unpaired) electrons. The summed E-state index contributed by atoms with van der Waals surface area (Å²) < 4.78 is 139. The molecule has 0 aromatic heterocycles. The number of rotatable bonds is 0. The van der Waals surface area contributed by atoms with E-state index in [0.717, 1.165) is 0 Å². The van der Waals surface area contributed by atoms with Crippen LogP contribution in [0.25, 0.3) is 0 Å². The molecule has 0 fully saturated rings. The lowest BCUT2D eigenvalue weighted by Gasteiger charge is -2.21. The fourth-order valence-corrected chi connectivity index (χ4v) is 0. The third kappa shape index (κ3) is 32.6. The molecule has 0 saturated heterocycles. The predicted octanol–water partition coefficient (Wildman–Crippen LogP) is 4.57. The van der Waals surface area contributed by atoms with Crippen molar-refractivity contribution >= 4 is 69.6 Å². The van der Waals surface area contributed by atoms with E-state index in [0.29, 0.717) is 0 Å². The van der Waals surface area contributed by atoms with Crippen LogP contribution in [0.15, 0.2) is 12.4 Å². The normalized spacial score (nSPS) is 13.4. The first-order chi connectivity index (χ1) is 12.7. The summed E-state index contributed by atoms with van der Waals surface area (Å²) in [6.07, 6.45) is -15.2. The molecule has 224 valence electrons. The standard InChI is InChI=1S/C3H3Cl5.C3H3ClF4.C3H3F5.C3H2F4.ClH.3FH/c3*1-2(4,5)3(6,7)8;1-2(4)3(5,6)7;;;;/h3*1H3;1H2;4*1H/p-2. The number of alkyl halides is 18. The van der Waals surface area contributed by atoms with Gasteiger partial charge in [-0.15, -0.1) is 0 Å². The van der Waals surface area contributed by atoms with Gasteiger partial charge < -0.3 is 17.1 Å². The summed E-state index contributed by atoms with van der Waals surface area (Å²) in [5.41, 5.74) is 0. The minimum absolute atomic E-state index is 0. The first-order valence-electron chi connectivity index (χ1n) is 6.44. The van der Waals surface area contributed by atoms with Crippen molar-refractivity contribution in [3.05, 3.63) is 12.4 Å². The van der Waals surface area contributed by atoms with Gasteiger partial charge >= 0.3 is 24.5 Å². The second kappa shape index (κ2) is 18.8. The molecule has 0 aliphatic rings. The second-order valence-corrected chi connectivity index (χ2v) is 9.76. The Labute approximate surface area is 223 Å². The van der Waals surface area contributed by atoms with E-state index in [-0.39, 0.29) is 40.4 Å². The van der Waals surface area contributed by atoms with E-state index in [1.165, 1.54) is 6.92 Å². The SMILES string of the molecule is C=C(F)C(F)(F)F.CC(Cl)(Cl)C(Cl)(Cl)Cl.CC(F)(Cl)C(F)(F)F.CC(F)(F)C(F)(F)F.F.F.[Cl-].[F-]. The van der Waals surface area contributed by atoms with Crippen molar-refractivity contribution in [2.45, 2.75) is 58.5 Å². The number of hydrogen-bond acceptors (Lipinski definition) is 0. The van der Waals surface area contributed by atoms with Gasteiger partial charge in [0.05, 0.1) is 0 Å². The Hall–Kier alpha value is 0.650.